The molecule has 0 saturated heterocycles. The highest BCUT2D eigenvalue weighted by molar-refractivity contribution is 7.21. The molecule has 0 unspecified atom stereocenters. The number of amides is 1. The van der Waals surface area contributed by atoms with Crippen LogP contribution < -0.4 is 5.43 Å². The summed E-state index contributed by atoms with van der Waals surface area (Å²) in [5.41, 5.74) is 3.84. The fraction of sp³-hybridized carbons (Fsp3) is 0.524. The topological polar surface area (TPSA) is 41.5 Å². The standard InChI is InChI=1S/C21H26Cl2N2OS/c22-15-12-13-17-18(14-15)27-20(19(17)23)21(26)25-24-16-10-8-6-4-2-1-3-5-7-9-11-16/h12-14H,1-11H2,(H,25,26). The number of halogens is 2. The predicted octanol–water partition coefficient (Wildman–Crippen LogP) is 7.60. The molecule has 0 bridgehead atoms. The van der Waals surface area contributed by atoms with Crippen LogP contribution in [0.4, 0.5) is 0 Å². The van der Waals surface area contributed by atoms with Gasteiger partial charge < -0.3 is 0 Å². The molecule has 2 aromatic rings. The van der Waals surface area contributed by atoms with Crippen LogP contribution in [-0.2, 0) is 0 Å². The first kappa shape index (κ1) is 20.6. The summed E-state index contributed by atoms with van der Waals surface area (Å²) in [4.78, 5) is 13.1. The third-order valence-corrected chi connectivity index (χ3v) is 6.94. The Kier molecular flexibility index (Phi) is 7.98. The van der Waals surface area contributed by atoms with Gasteiger partial charge >= 0.3 is 0 Å². The minimum absolute atomic E-state index is 0.240. The average Bonchev–Trinajstić information content (AvgIpc) is 2.97. The molecule has 0 spiro atoms. The molecule has 0 aliphatic heterocycles. The van der Waals surface area contributed by atoms with E-state index in [1.54, 1.807) is 6.07 Å². The van der Waals surface area contributed by atoms with E-state index in [0.717, 1.165) is 41.5 Å². The van der Waals surface area contributed by atoms with Crippen molar-refractivity contribution < 1.29 is 4.79 Å². The number of nitrogens with zero attached hydrogens (tertiary/aromatic N) is 1. The zero-order valence-corrected chi connectivity index (χ0v) is 17.9. The Hall–Kier alpha value is -1.10. The minimum atomic E-state index is -0.240. The third-order valence-electron chi connectivity index (χ3n) is 5.04. The zero-order valence-electron chi connectivity index (χ0n) is 15.5. The lowest BCUT2D eigenvalue weighted by atomic mass is 10.00. The first-order valence-corrected chi connectivity index (χ1v) is 11.5. The molecule has 3 rings (SSSR count). The van der Waals surface area contributed by atoms with Crippen LogP contribution in [0, 0.1) is 0 Å². The van der Waals surface area contributed by atoms with Gasteiger partial charge in [0.25, 0.3) is 5.91 Å². The highest BCUT2D eigenvalue weighted by Crippen LogP contribution is 2.36. The molecule has 1 N–H and O–H groups in total. The van der Waals surface area contributed by atoms with E-state index in [4.69, 9.17) is 23.2 Å². The van der Waals surface area contributed by atoms with Crippen molar-refractivity contribution in [3.05, 3.63) is 33.1 Å². The van der Waals surface area contributed by atoms with E-state index < -0.39 is 0 Å². The van der Waals surface area contributed by atoms with Gasteiger partial charge in [0, 0.05) is 20.8 Å². The largest absolute Gasteiger partial charge is 0.283 e. The van der Waals surface area contributed by atoms with Crippen LogP contribution in [-0.4, -0.2) is 11.6 Å². The summed E-state index contributed by atoms with van der Waals surface area (Å²) in [6.07, 6.45) is 13.4. The van der Waals surface area contributed by atoms with Crippen LogP contribution in [0.3, 0.4) is 0 Å². The lowest BCUT2D eigenvalue weighted by Crippen LogP contribution is -2.19. The summed E-state index contributed by atoms with van der Waals surface area (Å²) < 4.78 is 0.913. The van der Waals surface area contributed by atoms with Crippen molar-refractivity contribution in [2.75, 3.05) is 0 Å². The van der Waals surface area contributed by atoms with Gasteiger partial charge in [0.1, 0.15) is 4.88 Å². The molecule has 6 heteroatoms. The lowest BCUT2D eigenvalue weighted by Gasteiger charge is -2.09. The number of carbonyl (C=O) groups excluding carboxylic acids is 1. The van der Waals surface area contributed by atoms with Gasteiger partial charge in [-0.05, 0) is 37.8 Å². The molecule has 3 nitrogen and oxygen atoms in total. The van der Waals surface area contributed by atoms with Crippen LogP contribution in [0.5, 0.6) is 0 Å². The quantitative estimate of drug-likeness (QED) is 0.495. The zero-order chi connectivity index (χ0) is 19.1. The second-order valence-corrected chi connectivity index (χ2v) is 9.05. The highest BCUT2D eigenvalue weighted by atomic mass is 35.5. The Morgan fingerprint density at radius 3 is 2.15 bits per heavy atom. The summed E-state index contributed by atoms with van der Waals surface area (Å²) >= 11 is 13.8. The molecule has 0 atom stereocenters. The first-order chi connectivity index (χ1) is 13.1. The smallest absolute Gasteiger partial charge is 0.266 e. The third kappa shape index (κ3) is 5.94. The van der Waals surface area contributed by atoms with Crippen molar-refractivity contribution in [2.45, 2.75) is 70.6 Å². The van der Waals surface area contributed by atoms with Crippen LogP contribution in [0.15, 0.2) is 23.3 Å². The minimum Gasteiger partial charge on any atom is -0.266 e. The van der Waals surface area contributed by atoms with Crippen molar-refractivity contribution in [3.8, 4) is 0 Å². The molecule has 1 saturated carbocycles. The van der Waals surface area contributed by atoms with Crippen molar-refractivity contribution in [1.82, 2.24) is 5.43 Å². The second kappa shape index (κ2) is 10.4. The number of fused-ring (bicyclic) bond motifs is 1. The Bertz CT molecular complexity index is 802. The summed E-state index contributed by atoms with van der Waals surface area (Å²) in [5.74, 6) is -0.240. The number of thiophene rings is 1. The molecule has 0 radical (unpaired) electrons. The van der Waals surface area contributed by atoms with Gasteiger partial charge in [-0.3, -0.25) is 4.79 Å². The maximum atomic E-state index is 12.6. The molecule has 1 aliphatic rings. The average molecular weight is 425 g/mol. The molecule has 27 heavy (non-hydrogen) atoms. The van der Waals surface area contributed by atoms with E-state index in [2.05, 4.69) is 10.5 Å². The maximum absolute atomic E-state index is 12.6. The van der Waals surface area contributed by atoms with E-state index in [0.29, 0.717) is 14.9 Å². The van der Waals surface area contributed by atoms with E-state index in [1.807, 2.05) is 12.1 Å². The molecular weight excluding hydrogens is 399 g/mol. The summed E-state index contributed by atoms with van der Waals surface area (Å²) in [6.45, 7) is 0. The van der Waals surface area contributed by atoms with Crippen molar-refractivity contribution in [3.63, 3.8) is 0 Å². The Balaban J connectivity index is 1.67. The van der Waals surface area contributed by atoms with Crippen molar-refractivity contribution in [2.24, 2.45) is 5.10 Å². The number of benzene rings is 1. The molecule has 146 valence electrons. The first-order valence-electron chi connectivity index (χ1n) is 9.88. The molecule has 1 aromatic heterocycles. The second-order valence-electron chi connectivity index (χ2n) is 7.19. The fourth-order valence-electron chi connectivity index (χ4n) is 3.50. The Morgan fingerprint density at radius 1 is 0.926 bits per heavy atom. The number of nitrogens with one attached hydrogen (secondary N) is 1. The van der Waals surface area contributed by atoms with Crippen LogP contribution in [0.25, 0.3) is 10.1 Å². The van der Waals surface area contributed by atoms with Crippen LogP contribution in [0.2, 0.25) is 10.0 Å². The van der Waals surface area contributed by atoms with E-state index in [9.17, 15) is 4.79 Å². The van der Waals surface area contributed by atoms with Gasteiger partial charge in [-0.1, -0.05) is 74.2 Å². The summed E-state index contributed by atoms with van der Waals surface area (Å²) in [6, 6.07) is 5.48. The Morgan fingerprint density at radius 2 is 1.52 bits per heavy atom. The SMILES string of the molecule is O=C(NN=C1CCCCCCCCCCC1)c1sc2cc(Cl)ccc2c1Cl. The fourth-order valence-corrected chi connectivity index (χ4v) is 5.18. The highest BCUT2D eigenvalue weighted by Gasteiger charge is 2.17. The lowest BCUT2D eigenvalue weighted by molar-refractivity contribution is 0.0959. The normalized spacial score (nSPS) is 17.2. The van der Waals surface area contributed by atoms with Gasteiger partial charge in [-0.25, -0.2) is 5.43 Å². The van der Waals surface area contributed by atoms with Gasteiger partial charge in [0.05, 0.1) is 5.02 Å². The number of hydrazone groups is 1. The van der Waals surface area contributed by atoms with Crippen molar-refractivity contribution in [1.29, 1.82) is 0 Å². The number of hydrogen-bond acceptors (Lipinski definition) is 3. The van der Waals surface area contributed by atoms with E-state index in [-0.39, 0.29) is 5.91 Å². The molecule has 1 fully saturated rings. The van der Waals surface area contributed by atoms with Gasteiger partial charge in [-0.15, -0.1) is 11.3 Å². The molecule has 1 aliphatic carbocycles. The molecule has 1 heterocycles. The summed E-state index contributed by atoms with van der Waals surface area (Å²) in [7, 11) is 0. The number of carbonyl (C=O) groups is 1. The summed E-state index contributed by atoms with van der Waals surface area (Å²) in [5, 5.41) is 6.43. The van der Waals surface area contributed by atoms with Gasteiger partial charge in [0.15, 0.2) is 0 Å². The van der Waals surface area contributed by atoms with Crippen LogP contribution in [0.1, 0.15) is 80.3 Å². The van der Waals surface area contributed by atoms with E-state index in [1.165, 1.54) is 56.3 Å². The molecular formula is C21H26Cl2N2OS. The van der Waals surface area contributed by atoms with E-state index >= 15 is 0 Å². The molecule has 1 aromatic carbocycles. The predicted molar refractivity (Wildman–Crippen MR) is 118 cm³/mol. The monoisotopic (exact) mass is 424 g/mol. The van der Waals surface area contributed by atoms with Gasteiger partial charge in [0.2, 0.25) is 0 Å². The number of rotatable bonds is 2. The van der Waals surface area contributed by atoms with Crippen LogP contribution >= 0.6 is 34.5 Å². The maximum Gasteiger partial charge on any atom is 0.283 e. The number of hydrogen-bond donors (Lipinski definition) is 1. The van der Waals surface area contributed by atoms with Crippen molar-refractivity contribution >= 4 is 56.2 Å². The molecule has 1 amide bonds. The van der Waals surface area contributed by atoms with Gasteiger partial charge in [-0.2, -0.15) is 5.10 Å². The Labute approximate surface area is 175 Å².